The van der Waals surface area contributed by atoms with E-state index in [1.807, 2.05) is 44.1 Å². The van der Waals surface area contributed by atoms with E-state index in [-0.39, 0.29) is 11.9 Å². The number of likely N-dealkylation sites (N-methyl/N-ethyl adjacent to an activating group) is 1. The van der Waals surface area contributed by atoms with Crippen molar-refractivity contribution < 1.29 is 4.39 Å². The van der Waals surface area contributed by atoms with Crippen molar-refractivity contribution in [3.63, 3.8) is 0 Å². The quantitative estimate of drug-likeness (QED) is 0.884. The molecule has 0 aliphatic heterocycles. The highest BCUT2D eigenvalue weighted by molar-refractivity contribution is 5.55. The molecule has 0 amide bonds. The minimum absolute atomic E-state index is 0.110. The van der Waals surface area contributed by atoms with E-state index in [0.29, 0.717) is 5.69 Å². The summed E-state index contributed by atoms with van der Waals surface area (Å²) in [6.07, 6.45) is 4.43. The fourth-order valence-electron chi connectivity index (χ4n) is 2.40. The molecule has 1 aromatic heterocycles. The Kier molecular flexibility index (Phi) is 5.28. The van der Waals surface area contributed by atoms with Gasteiger partial charge in [-0.1, -0.05) is 12.1 Å². The molecule has 0 fully saturated rings. The summed E-state index contributed by atoms with van der Waals surface area (Å²) in [6, 6.07) is 9.35. The molecule has 2 rings (SSSR count). The van der Waals surface area contributed by atoms with Crippen molar-refractivity contribution in [1.29, 1.82) is 0 Å². The standard InChI is InChI=1S/C17H22FN3/c1-13(19-2)15-5-4-6-16(18)17(15)21(3)12-9-14-7-10-20-11-8-14/h4-8,10-11,13,19H,9,12H2,1-3H3. The lowest BCUT2D eigenvalue weighted by Gasteiger charge is -2.25. The molecule has 0 saturated heterocycles. The van der Waals surface area contributed by atoms with E-state index in [1.54, 1.807) is 18.5 Å². The molecule has 2 aromatic rings. The zero-order chi connectivity index (χ0) is 15.2. The summed E-state index contributed by atoms with van der Waals surface area (Å²) < 4.78 is 14.2. The normalized spacial score (nSPS) is 12.2. The summed E-state index contributed by atoms with van der Waals surface area (Å²) in [7, 11) is 3.82. The summed E-state index contributed by atoms with van der Waals surface area (Å²) in [5.41, 5.74) is 2.86. The Bertz CT molecular complexity index is 572. The van der Waals surface area contributed by atoms with Crippen LogP contribution in [0.3, 0.4) is 0 Å². The van der Waals surface area contributed by atoms with Gasteiger partial charge in [0.1, 0.15) is 5.82 Å². The van der Waals surface area contributed by atoms with Gasteiger partial charge in [-0.15, -0.1) is 0 Å². The molecule has 1 heterocycles. The predicted molar refractivity (Wildman–Crippen MR) is 85.1 cm³/mol. The highest BCUT2D eigenvalue weighted by Crippen LogP contribution is 2.28. The van der Waals surface area contributed by atoms with E-state index >= 15 is 0 Å². The van der Waals surface area contributed by atoms with E-state index in [9.17, 15) is 4.39 Å². The van der Waals surface area contributed by atoms with Gasteiger partial charge < -0.3 is 10.2 Å². The van der Waals surface area contributed by atoms with Gasteiger partial charge in [0, 0.05) is 32.0 Å². The number of nitrogens with zero attached hydrogens (tertiary/aromatic N) is 2. The van der Waals surface area contributed by atoms with Gasteiger partial charge in [0.15, 0.2) is 0 Å². The first-order valence-electron chi connectivity index (χ1n) is 7.19. The average molecular weight is 287 g/mol. The molecule has 1 aromatic carbocycles. The van der Waals surface area contributed by atoms with Crippen molar-refractivity contribution in [1.82, 2.24) is 10.3 Å². The molecule has 112 valence electrons. The van der Waals surface area contributed by atoms with Crippen molar-refractivity contribution in [2.75, 3.05) is 25.5 Å². The van der Waals surface area contributed by atoms with Crippen molar-refractivity contribution in [2.45, 2.75) is 19.4 Å². The third-order valence-electron chi connectivity index (χ3n) is 3.78. The number of nitrogens with one attached hydrogen (secondary N) is 1. The molecule has 21 heavy (non-hydrogen) atoms. The van der Waals surface area contributed by atoms with Gasteiger partial charge in [0.25, 0.3) is 0 Å². The van der Waals surface area contributed by atoms with Crippen LogP contribution in [0.15, 0.2) is 42.7 Å². The lowest BCUT2D eigenvalue weighted by molar-refractivity contribution is 0.602. The second-order valence-corrected chi connectivity index (χ2v) is 5.22. The molecule has 1 atom stereocenters. The van der Waals surface area contributed by atoms with Gasteiger partial charge in [-0.25, -0.2) is 4.39 Å². The lowest BCUT2D eigenvalue weighted by Crippen LogP contribution is -2.25. The Morgan fingerprint density at radius 3 is 2.62 bits per heavy atom. The van der Waals surface area contributed by atoms with Crippen molar-refractivity contribution in [3.05, 3.63) is 59.7 Å². The van der Waals surface area contributed by atoms with E-state index in [1.165, 1.54) is 11.6 Å². The maximum absolute atomic E-state index is 14.2. The fourth-order valence-corrected chi connectivity index (χ4v) is 2.40. The van der Waals surface area contributed by atoms with Crippen molar-refractivity contribution in [3.8, 4) is 0 Å². The van der Waals surface area contributed by atoms with Crippen LogP contribution in [0.1, 0.15) is 24.1 Å². The molecule has 0 radical (unpaired) electrons. The van der Waals surface area contributed by atoms with Crippen LogP contribution in [0, 0.1) is 5.82 Å². The SMILES string of the molecule is CNC(C)c1cccc(F)c1N(C)CCc1ccncc1. The third kappa shape index (κ3) is 3.79. The van der Waals surface area contributed by atoms with E-state index < -0.39 is 0 Å². The Balaban J connectivity index is 2.16. The Labute approximate surface area is 125 Å². The number of hydrogen-bond donors (Lipinski definition) is 1. The Morgan fingerprint density at radius 1 is 1.24 bits per heavy atom. The predicted octanol–water partition coefficient (Wildman–Crippen LogP) is 3.18. The summed E-state index contributed by atoms with van der Waals surface area (Å²) in [6.45, 7) is 2.79. The number of benzene rings is 1. The first-order valence-corrected chi connectivity index (χ1v) is 7.19. The number of pyridine rings is 1. The third-order valence-corrected chi connectivity index (χ3v) is 3.78. The summed E-state index contributed by atoms with van der Waals surface area (Å²) in [5.74, 6) is -0.174. The molecule has 0 spiro atoms. The summed E-state index contributed by atoms with van der Waals surface area (Å²) in [4.78, 5) is 6.00. The van der Waals surface area contributed by atoms with Crippen LogP contribution < -0.4 is 10.2 Å². The monoisotopic (exact) mass is 287 g/mol. The van der Waals surface area contributed by atoms with Crippen LogP contribution in [0.4, 0.5) is 10.1 Å². The molecule has 0 aliphatic rings. The maximum Gasteiger partial charge on any atom is 0.146 e. The number of halogens is 1. The first kappa shape index (κ1) is 15.4. The van der Waals surface area contributed by atoms with Gasteiger partial charge in [-0.05, 0) is 49.7 Å². The van der Waals surface area contributed by atoms with Crippen LogP contribution in [0.25, 0.3) is 0 Å². The topological polar surface area (TPSA) is 28.2 Å². The van der Waals surface area contributed by atoms with Gasteiger partial charge in [0.2, 0.25) is 0 Å². The highest BCUT2D eigenvalue weighted by atomic mass is 19.1. The maximum atomic E-state index is 14.2. The summed E-state index contributed by atoms with van der Waals surface area (Å²) >= 11 is 0. The van der Waals surface area contributed by atoms with Crippen LogP contribution in [0.5, 0.6) is 0 Å². The van der Waals surface area contributed by atoms with Crippen molar-refractivity contribution in [2.24, 2.45) is 0 Å². The second kappa shape index (κ2) is 7.18. The molecule has 0 saturated carbocycles. The number of hydrogen-bond acceptors (Lipinski definition) is 3. The minimum Gasteiger partial charge on any atom is -0.372 e. The van der Waals surface area contributed by atoms with Gasteiger partial charge >= 0.3 is 0 Å². The molecule has 1 N–H and O–H groups in total. The van der Waals surface area contributed by atoms with Crippen LogP contribution >= 0.6 is 0 Å². The van der Waals surface area contributed by atoms with Gasteiger partial charge in [0.05, 0.1) is 5.69 Å². The Morgan fingerprint density at radius 2 is 1.95 bits per heavy atom. The highest BCUT2D eigenvalue weighted by Gasteiger charge is 2.16. The number of rotatable bonds is 6. The van der Waals surface area contributed by atoms with E-state index in [0.717, 1.165) is 18.5 Å². The van der Waals surface area contributed by atoms with Gasteiger partial charge in [-0.3, -0.25) is 4.98 Å². The molecular formula is C17H22FN3. The Hall–Kier alpha value is -1.94. The largest absolute Gasteiger partial charge is 0.372 e. The van der Waals surface area contributed by atoms with E-state index in [2.05, 4.69) is 10.3 Å². The van der Waals surface area contributed by atoms with Crippen molar-refractivity contribution >= 4 is 5.69 Å². The van der Waals surface area contributed by atoms with Crippen LogP contribution in [0.2, 0.25) is 0 Å². The zero-order valence-corrected chi connectivity index (χ0v) is 12.8. The summed E-state index contributed by atoms with van der Waals surface area (Å²) in [5, 5.41) is 3.18. The molecule has 0 bridgehead atoms. The van der Waals surface area contributed by atoms with E-state index in [4.69, 9.17) is 0 Å². The number of para-hydroxylation sites is 1. The van der Waals surface area contributed by atoms with Crippen LogP contribution in [-0.2, 0) is 6.42 Å². The molecule has 4 heteroatoms. The molecule has 0 aliphatic carbocycles. The number of aromatic nitrogens is 1. The molecular weight excluding hydrogens is 265 g/mol. The fraction of sp³-hybridized carbons (Fsp3) is 0.353. The first-order chi connectivity index (χ1) is 10.1. The van der Waals surface area contributed by atoms with Crippen LogP contribution in [-0.4, -0.2) is 25.6 Å². The number of anilines is 1. The molecule has 3 nitrogen and oxygen atoms in total. The van der Waals surface area contributed by atoms with Gasteiger partial charge in [-0.2, -0.15) is 0 Å². The lowest BCUT2D eigenvalue weighted by atomic mass is 10.0. The minimum atomic E-state index is -0.174. The zero-order valence-electron chi connectivity index (χ0n) is 12.8. The second-order valence-electron chi connectivity index (χ2n) is 5.22. The molecule has 1 unspecified atom stereocenters. The smallest absolute Gasteiger partial charge is 0.146 e. The average Bonchev–Trinajstić information content (AvgIpc) is 2.52.